The van der Waals surface area contributed by atoms with Crippen molar-refractivity contribution in [3.63, 3.8) is 0 Å². The largest absolute Gasteiger partial charge is 0.357 e. The van der Waals surface area contributed by atoms with Gasteiger partial charge in [0.2, 0.25) is 5.91 Å². The van der Waals surface area contributed by atoms with E-state index in [0.717, 1.165) is 34.6 Å². The second-order valence-corrected chi connectivity index (χ2v) is 6.23. The number of likely N-dealkylation sites (N-methyl/N-ethyl adjacent to an activating group) is 1. The Morgan fingerprint density at radius 2 is 2.11 bits per heavy atom. The fourth-order valence-electron chi connectivity index (χ4n) is 2.43. The van der Waals surface area contributed by atoms with Gasteiger partial charge >= 0.3 is 0 Å². The van der Waals surface area contributed by atoms with Gasteiger partial charge in [0.15, 0.2) is 0 Å². The van der Waals surface area contributed by atoms with Crippen LogP contribution in [0.15, 0.2) is 6.07 Å². The molecular weight excluding hydrogens is 260 g/mol. The Morgan fingerprint density at radius 3 is 2.68 bits per heavy atom. The summed E-state index contributed by atoms with van der Waals surface area (Å²) in [6, 6.07) is 1.62. The third-order valence-corrected chi connectivity index (χ3v) is 4.83. The average Bonchev–Trinajstić information content (AvgIpc) is 2.77. The molecule has 19 heavy (non-hydrogen) atoms. The van der Waals surface area contributed by atoms with Crippen LogP contribution in [0.4, 0.5) is 0 Å². The second kappa shape index (κ2) is 5.74. The van der Waals surface area contributed by atoms with E-state index in [1.807, 2.05) is 19.9 Å². The number of carbonyl (C=O) groups excluding carboxylic acids is 2. The smallest absolute Gasteiger partial charge is 0.264 e. The number of rotatable bonds is 2. The van der Waals surface area contributed by atoms with Crippen LogP contribution in [0.5, 0.6) is 0 Å². The molecule has 0 unspecified atom stereocenters. The molecule has 1 atom stereocenters. The number of piperidine rings is 1. The predicted octanol–water partition coefficient (Wildman–Crippen LogP) is 2.11. The maximum atomic E-state index is 12.6. The van der Waals surface area contributed by atoms with Gasteiger partial charge in [-0.3, -0.25) is 9.59 Å². The first kappa shape index (κ1) is 14.1. The van der Waals surface area contributed by atoms with Crippen LogP contribution in [-0.4, -0.2) is 36.3 Å². The van der Waals surface area contributed by atoms with Gasteiger partial charge in [0.1, 0.15) is 6.04 Å². The van der Waals surface area contributed by atoms with Crippen molar-refractivity contribution in [1.29, 1.82) is 0 Å². The zero-order valence-electron chi connectivity index (χ0n) is 11.7. The molecule has 0 saturated carbocycles. The average molecular weight is 280 g/mol. The van der Waals surface area contributed by atoms with Gasteiger partial charge < -0.3 is 10.2 Å². The van der Waals surface area contributed by atoms with Crippen LogP contribution in [0.3, 0.4) is 0 Å². The van der Waals surface area contributed by atoms with Crippen molar-refractivity contribution in [2.75, 3.05) is 13.6 Å². The van der Waals surface area contributed by atoms with Crippen LogP contribution >= 0.6 is 11.3 Å². The van der Waals surface area contributed by atoms with E-state index < -0.39 is 0 Å². The minimum absolute atomic E-state index is 0.00509. The second-order valence-electron chi connectivity index (χ2n) is 4.97. The third-order valence-electron chi connectivity index (χ3n) is 3.69. The number of aryl methyl sites for hydroxylation is 2. The normalized spacial score (nSPS) is 19.3. The summed E-state index contributed by atoms with van der Waals surface area (Å²) in [7, 11) is 1.62. The molecule has 0 spiro atoms. The summed E-state index contributed by atoms with van der Waals surface area (Å²) >= 11 is 1.51. The van der Waals surface area contributed by atoms with Crippen LogP contribution < -0.4 is 5.32 Å². The fraction of sp³-hybridized carbons (Fsp3) is 0.571. The molecule has 1 aliphatic heterocycles. The van der Waals surface area contributed by atoms with Gasteiger partial charge in [0, 0.05) is 18.5 Å². The van der Waals surface area contributed by atoms with E-state index in [1.54, 1.807) is 11.9 Å². The number of amides is 2. The number of hydrogen-bond acceptors (Lipinski definition) is 3. The summed E-state index contributed by atoms with van der Waals surface area (Å²) in [6.07, 6.45) is 2.74. The Labute approximate surface area is 117 Å². The number of likely N-dealkylation sites (tertiary alicyclic amines) is 1. The zero-order valence-corrected chi connectivity index (χ0v) is 12.5. The molecule has 0 radical (unpaired) electrons. The maximum Gasteiger partial charge on any atom is 0.264 e. The fourth-order valence-corrected chi connectivity index (χ4v) is 3.42. The number of carbonyl (C=O) groups is 2. The van der Waals surface area contributed by atoms with E-state index in [2.05, 4.69) is 5.32 Å². The van der Waals surface area contributed by atoms with Crippen LogP contribution in [0.25, 0.3) is 0 Å². The quantitative estimate of drug-likeness (QED) is 0.902. The minimum atomic E-state index is -0.311. The number of nitrogens with zero attached hydrogens (tertiary/aromatic N) is 1. The molecule has 104 valence electrons. The SMILES string of the molecule is CNC(=O)[C@H]1CCCCN1C(=O)c1cc(C)c(C)s1. The Kier molecular flexibility index (Phi) is 4.24. The van der Waals surface area contributed by atoms with E-state index in [0.29, 0.717) is 6.54 Å². The molecule has 0 aliphatic carbocycles. The summed E-state index contributed by atoms with van der Waals surface area (Å²) in [5.74, 6) is -0.0625. The number of nitrogens with one attached hydrogen (secondary N) is 1. The van der Waals surface area contributed by atoms with E-state index in [1.165, 1.54) is 11.3 Å². The molecule has 2 rings (SSSR count). The van der Waals surface area contributed by atoms with Crippen molar-refractivity contribution in [2.24, 2.45) is 0 Å². The van der Waals surface area contributed by atoms with Gasteiger partial charge in [0.05, 0.1) is 4.88 Å². The summed E-state index contributed by atoms with van der Waals surface area (Å²) in [5.41, 5.74) is 1.14. The van der Waals surface area contributed by atoms with Crippen molar-refractivity contribution < 1.29 is 9.59 Å². The van der Waals surface area contributed by atoms with E-state index in [-0.39, 0.29) is 17.9 Å². The minimum Gasteiger partial charge on any atom is -0.357 e. The first-order chi connectivity index (χ1) is 9.04. The molecule has 0 aromatic carbocycles. The van der Waals surface area contributed by atoms with Crippen molar-refractivity contribution >= 4 is 23.2 Å². The van der Waals surface area contributed by atoms with Gasteiger partial charge in [-0.15, -0.1) is 11.3 Å². The van der Waals surface area contributed by atoms with Crippen LogP contribution in [0.2, 0.25) is 0 Å². The van der Waals surface area contributed by atoms with E-state index in [9.17, 15) is 9.59 Å². The van der Waals surface area contributed by atoms with Gasteiger partial charge in [0.25, 0.3) is 5.91 Å². The lowest BCUT2D eigenvalue weighted by atomic mass is 10.0. The van der Waals surface area contributed by atoms with Crippen molar-refractivity contribution in [3.05, 3.63) is 21.4 Å². The Hall–Kier alpha value is -1.36. The summed E-state index contributed by atoms with van der Waals surface area (Å²) in [5, 5.41) is 2.66. The third kappa shape index (κ3) is 2.81. The molecule has 5 heteroatoms. The summed E-state index contributed by atoms with van der Waals surface area (Å²) < 4.78 is 0. The molecule has 2 amide bonds. The first-order valence-electron chi connectivity index (χ1n) is 6.64. The molecule has 1 fully saturated rings. The molecular formula is C14H20N2O2S. The highest BCUT2D eigenvalue weighted by molar-refractivity contribution is 7.14. The Bertz CT molecular complexity index is 476. The standard InChI is InChI=1S/C14H20N2O2S/c1-9-8-12(19-10(9)2)14(18)16-7-5-4-6-11(16)13(17)15-3/h8,11H,4-7H2,1-3H3,(H,15,17)/t11-/m1/s1. The van der Waals surface area contributed by atoms with Crippen LogP contribution in [0.1, 0.15) is 39.4 Å². The lowest BCUT2D eigenvalue weighted by Crippen LogP contribution is -2.51. The number of hydrogen-bond donors (Lipinski definition) is 1. The van der Waals surface area contributed by atoms with Crippen LogP contribution in [-0.2, 0) is 4.79 Å². The van der Waals surface area contributed by atoms with Crippen LogP contribution in [0, 0.1) is 13.8 Å². The Balaban J connectivity index is 2.22. The molecule has 1 saturated heterocycles. The molecule has 1 aromatic heterocycles. The van der Waals surface area contributed by atoms with E-state index >= 15 is 0 Å². The highest BCUT2D eigenvalue weighted by Crippen LogP contribution is 2.25. The lowest BCUT2D eigenvalue weighted by molar-refractivity contribution is -0.126. The van der Waals surface area contributed by atoms with Crippen molar-refractivity contribution in [3.8, 4) is 0 Å². The molecule has 2 heterocycles. The van der Waals surface area contributed by atoms with Gasteiger partial charge in [-0.2, -0.15) is 0 Å². The summed E-state index contributed by atoms with van der Waals surface area (Å²) in [6.45, 7) is 4.70. The molecule has 1 aromatic rings. The lowest BCUT2D eigenvalue weighted by Gasteiger charge is -2.34. The molecule has 0 bridgehead atoms. The van der Waals surface area contributed by atoms with Gasteiger partial charge in [-0.05, 0) is 44.7 Å². The van der Waals surface area contributed by atoms with E-state index in [4.69, 9.17) is 0 Å². The predicted molar refractivity (Wildman–Crippen MR) is 76.5 cm³/mol. The molecule has 1 N–H and O–H groups in total. The Morgan fingerprint density at radius 1 is 1.37 bits per heavy atom. The van der Waals surface area contributed by atoms with Gasteiger partial charge in [-0.1, -0.05) is 0 Å². The molecule has 4 nitrogen and oxygen atoms in total. The first-order valence-corrected chi connectivity index (χ1v) is 7.46. The maximum absolute atomic E-state index is 12.6. The molecule has 1 aliphatic rings. The topological polar surface area (TPSA) is 49.4 Å². The summed E-state index contributed by atoms with van der Waals surface area (Å²) in [4.78, 5) is 28.1. The monoisotopic (exact) mass is 280 g/mol. The number of thiophene rings is 1. The highest BCUT2D eigenvalue weighted by atomic mass is 32.1. The van der Waals surface area contributed by atoms with Crippen molar-refractivity contribution in [1.82, 2.24) is 10.2 Å². The zero-order chi connectivity index (χ0) is 14.0. The van der Waals surface area contributed by atoms with Gasteiger partial charge in [-0.25, -0.2) is 0 Å². The van der Waals surface area contributed by atoms with Crippen molar-refractivity contribution in [2.45, 2.75) is 39.2 Å². The highest BCUT2D eigenvalue weighted by Gasteiger charge is 2.32.